The first-order chi connectivity index (χ1) is 23.5. The van der Waals surface area contributed by atoms with Crippen LogP contribution >= 0.6 is 11.6 Å². The molecule has 11 heteroatoms. The summed E-state index contributed by atoms with van der Waals surface area (Å²) in [6.45, 7) is 7.89. The lowest BCUT2D eigenvalue weighted by molar-refractivity contribution is -0.0178. The number of carbonyl (C=O) groups is 2. The third-order valence-corrected chi connectivity index (χ3v) is 14.1. The molecule has 1 unspecified atom stereocenters. The van der Waals surface area contributed by atoms with Crippen LogP contribution in [0, 0.1) is 17.8 Å². The molecule has 1 saturated carbocycles. The van der Waals surface area contributed by atoms with Crippen LogP contribution in [0.25, 0.3) is 0 Å². The van der Waals surface area contributed by atoms with E-state index in [4.69, 9.17) is 25.8 Å². The highest BCUT2D eigenvalue weighted by Gasteiger charge is 2.44. The van der Waals surface area contributed by atoms with Gasteiger partial charge in [-0.25, -0.2) is 9.00 Å². The maximum Gasteiger partial charge on any atom is 0.410 e. The quantitative estimate of drug-likeness (QED) is 0.306. The summed E-state index contributed by atoms with van der Waals surface area (Å²) in [5, 5.41) is 0.393. The lowest BCUT2D eigenvalue weighted by atomic mass is 9.68. The van der Waals surface area contributed by atoms with E-state index in [0.29, 0.717) is 50.8 Å². The second-order valence-corrected chi connectivity index (χ2v) is 17.6. The van der Waals surface area contributed by atoms with E-state index in [2.05, 4.69) is 39.8 Å². The molecule has 1 spiro atoms. The minimum absolute atomic E-state index is 0.00652. The highest BCUT2D eigenvalue weighted by molar-refractivity contribution is 7.99. The smallest absolute Gasteiger partial charge is 0.410 e. The zero-order valence-electron chi connectivity index (χ0n) is 28.5. The van der Waals surface area contributed by atoms with Crippen molar-refractivity contribution in [3.63, 3.8) is 0 Å². The third kappa shape index (κ3) is 6.93. The number of rotatable bonds is 4. The second kappa shape index (κ2) is 13.8. The van der Waals surface area contributed by atoms with Crippen LogP contribution in [0.2, 0.25) is 5.02 Å². The Labute approximate surface area is 295 Å². The average molecular weight is 710 g/mol. The number of hydrogen-bond acceptors (Lipinski definition) is 7. The van der Waals surface area contributed by atoms with E-state index in [9.17, 15) is 13.8 Å². The van der Waals surface area contributed by atoms with Crippen molar-refractivity contribution in [1.29, 1.82) is 0 Å². The Morgan fingerprint density at radius 2 is 2.00 bits per heavy atom. The van der Waals surface area contributed by atoms with Gasteiger partial charge in [0.15, 0.2) is 0 Å². The fraction of sp³-hybridized carbons (Fsp3) is 0.553. The number of carbonyl (C=O) groups excluding carboxylic acids is 2. The SMILES string of the molecule is C=S1(=O)NC(=O)c2ccc3c(c2)N(C[C@@H]2CC[C@H]2[C@@H](OCCN2CCOC2=O)/C=C/C[C@H](C)[C@H]1C)C[C@@]1(CCCc2cc(Cl)ccc21)CO3. The Balaban J connectivity index is 1.24. The van der Waals surface area contributed by atoms with Crippen LogP contribution in [0.3, 0.4) is 0 Å². The predicted octanol–water partition coefficient (Wildman–Crippen LogP) is 6.02. The van der Waals surface area contributed by atoms with Crippen LogP contribution in [-0.4, -0.2) is 84.3 Å². The fourth-order valence-electron chi connectivity index (χ4n) is 8.35. The molecule has 1 saturated heterocycles. The molecule has 2 aliphatic carbocycles. The number of nitrogens with one attached hydrogen (secondary N) is 1. The number of anilines is 1. The van der Waals surface area contributed by atoms with Gasteiger partial charge in [0.05, 0.1) is 41.3 Å². The molecule has 3 aliphatic heterocycles. The molecule has 0 radical (unpaired) electrons. The maximum atomic E-state index is 13.8. The van der Waals surface area contributed by atoms with Gasteiger partial charge in [0, 0.05) is 40.9 Å². The number of nitrogens with zero attached hydrogens (tertiary/aromatic N) is 2. The predicted molar refractivity (Wildman–Crippen MR) is 194 cm³/mol. The van der Waals surface area contributed by atoms with Crippen molar-refractivity contribution >= 4 is 44.9 Å². The normalized spacial score (nSPS) is 33.7. The summed E-state index contributed by atoms with van der Waals surface area (Å²) >= 11 is 6.46. The van der Waals surface area contributed by atoms with Gasteiger partial charge >= 0.3 is 6.09 Å². The van der Waals surface area contributed by atoms with Crippen LogP contribution in [0.5, 0.6) is 5.75 Å². The van der Waals surface area contributed by atoms with Gasteiger partial charge in [-0.05, 0) is 111 Å². The first-order valence-electron chi connectivity index (χ1n) is 17.7. The van der Waals surface area contributed by atoms with Gasteiger partial charge in [-0.2, -0.15) is 0 Å². The Hall–Kier alpha value is -3.21. The molecule has 7 atom stereocenters. The van der Waals surface area contributed by atoms with Gasteiger partial charge < -0.3 is 24.0 Å². The van der Waals surface area contributed by atoms with Crippen molar-refractivity contribution in [3.05, 3.63) is 70.3 Å². The minimum Gasteiger partial charge on any atom is -0.490 e. The molecule has 1 N–H and O–H groups in total. The molecule has 2 aromatic carbocycles. The third-order valence-electron chi connectivity index (χ3n) is 11.7. The van der Waals surface area contributed by atoms with Crippen molar-refractivity contribution in [1.82, 2.24) is 9.62 Å². The van der Waals surface area contributed by atoms with Gasteiger partial charge in [0.2, 0.25) is 0 Å². The van der Waals surface area contributed by atoms with Crippen LogP contribution in [0.4, 0.5) is 10.5 Å². The Bertz CT molecular complexity index is 1730. The van der Waals surface area contributed by atoms with Crippen molar-refractivity contribution < 1.29 is 28.0 Å². The topological polar surface area (TPSA) is 97.4 Å². The molecule has 9 nitrogen and oxygen atoms in total. The molecule has 2 fully saturated rings. The maximum absolute atomic E-state index is 13.8. The lowest BCUT2D eigenvalue weighted by Gasteiger charge is -2.46. The largest absolute Gasteiger partial charge is 0.490 e. The van der Waals surface area contributed by atoms with E-state index in [-0.39, 0.29) is 34.7 Å². The van der Waals surface area contributed by atoms with Crippen LogP contribution in [0.15, 0.2) is 48.6 Å². The van der Waals surface area contributed by atoms with E-state index in [1.807, 2.05) is 32.0 Å². The number of allylic oxidation sites excluding steroid dienone is 1. The van der Waals surface area contributed by atoms with Crippen LogP contribution in [-0.2, 0) is 31.0 Å². The molecule has 2 amide bonds. The average Bonchev–Trinajstić information content (AvgIpc) is 3.40. The van der Waals surface area contributed by atoms with E-state index >= 15 is 0 Å². The molecule has 2 bridgehead atoms. The number of halogens is 1. The summed E-state index contributed by atoms with van der Waals surface area (Å²) in [4.78, 5) is 29.9. The van der Waals surface area contributed by atoms with E-state index < -0.39 is 15.6 Å². The molecule has 5 aliphatic rings. The molecule has 49 heavy (non-hydrogen) atoms. The Morgan fingerprint density at radius 1 is 1.14 bits per heavy atom. The van der Waals surface area contributed by atoms with E-state index in [0.717, 1.165) is 61.7 Å². The zero-order valence-corrected chi connectivity index (χ0v) is 30.1. The van der Waals surface area contributed by atoms with E-state index in [1.165, 1.54) is 11.1 Å². The zero-order chi connectivity index (χ0) is 34.3. The summed E-state index contributed by atoms with van der Waals surface area (Å²) < 4.78 is 35.0. The van der Waals surface area contributed by atoms with Crippen molar-refractivity contribution in [2.75, 3.05) is 50.9 Å². The molecule has 0 aromatic heterocycles. The minimum atomic E-state index is -2.96. The summed E-state index contributed by atoms with van der Waals surface area (Å²) in [5.74, 6) is 5.00. The standard InChI is InChI=1S/C38H48ClN3O6S/c1-25-6-4-8-34(46-18-16-41-17-19-47-37(41)44)31-12-9-29(31)22-42-23-38(15-5-7-27-20-30(39)11-13-32(27)38)24-48-35-14-10-28(21-33(35)42)36(43)40-49(3,45)26(25)2/h4,8,10-11,13-14,20-21,25-26,29,31,34H,3,5-7,9,12,15-19,22-24H2,1-2H3,(H,40,43,45)/b8-4+/t25-,26+,29-,31+,34-,38-,49?/m0/s1. The molecular formula is C38H48ClN3O6S. The van der Waals surface area contributed by atoms with Gasteiger partial charge in [-0.1, -0.05) is 36.7 Å². The first-order valence-corrected chi connectivity index (χ1v) is 19.9. The van der Waals surface area contributed by atoms with Gasteiger partial charge in [0.25, 0.3) is 5.91 Å². The number of ether oxygens (including phenoxy) is 3. The van der Waals surface area contributed by atoms with Gasteiger partial charge in [0.1, 0.15) is 12.4 Å². The number of benzene rings is 2. The van der Waals surface area contributed by atoms with Crippen molar-refractivity contribution in [2.24, 2.45) is 17.8 Å². The van der Waals surface area contributed by atoms with Crippen molar-refractivity contribution in [2.45, 2.75) is 69.1 Å². The first kappa shape index (κ1) is 34.2. The monoisotopic (exact) mass is 709 g/mol. The van der Waals surface area contributed by atoms with Gasteiger partial charge in [-0.15, -0.1) is 0 Å². The van der Waals surface area contributed by atoms with Gasteiger partial charge in [-0.3, -0.25) is 9.52 Å². The number of aryl methyl sites for hydroxylation is 1. The molecule has 2 aromatic rings. The Kier molecular flexibility index (Phi) is 9.67. The van der Waals surface area contributed by atoms with Crippen LogP contribution < -0.4 is 14.4 Å². The fourth-order valence-corrected chi connectivity index (χ4v) is 10.0. The number of fused-ring (bicyclic) bond motifs is 4. The second-order valence-electron chi connectivity index (χ2n) is 14.7. The summed E-state index contributed by atoms with van der Waals surface area (Å²) in [6.07, 6.45) is 9.68. The molecule has 264 valence electrons. The summed E-state index contributed by atoms with van der Waals surface area (Å²) in [5.41, 5.74) is 3.64. The number of cyclic esters (lactones) is 1. The van der Waals surface area contributed by atoms with Crippen molar-refractivity contribution in [3.8, 4) is 5.75 Å². The van der Waals surface area contributed by atoms with E-state index in [1.54, 1.807) is 11.0 Å². The molecule has 7 rings (SSSR count). The lowest BCUT2D eigenvalue weighted by Crippen LogP contribution is -2.50. The summed E-state index contributed by atoms with van der Waals surface area (Å²) in [7, 11) is -2.96. The molecular weight excluding hydrogens is 662 g/mol. The number of amides is 2. The Morgan fingerprint density at radius 3 is 2.78 bits per heavy atom. The summed E-state index contributed by atoms with van der Waals surface area (Å²) in [6, 6.07) is 11.8. The highest BCUT2D eigenvalue weighted by atomic mass is 35.5. The highest BCUT2D eigenvalue weighted by Crippen LogP contribution is 2.47. The molecule has 3 heterocycles. The number of hydrogen-bond donors (Lipinski definition) is 1. The van der Waals surface area contributed by atoms with Crippen LogP contribution in [0.1, 0.15) is 67.4 Å².